The minimum atomic E-state index is -0.0112. The summed E-state index contributed by atoms with van der Waals surface area (Å²) >= 11 is 0. The third kappa shape index (κ3) is 5.38. The number of nitrogens with zero attached hydrogens (tertiary/aromatic N) is 1. The molecule has 1 aliphatic carbocycles. The predicted octanol–water partition coefficient (Wildman–Crippen LogP) is 2.82. The second-order valence-corrected chi connectivity index (χ2v) is 7.38. The van der Waals surface area contributed by atoms with Gasteiger partial charge in [0, 0.05) is 36.4 Å². The Labute approximate surface area is 150 Å². The summed E-state index contributed by atoms with van der Waals surface area (Å²) in [6, 6.07) is 8.44. The molecule has 25 heavy (non-hydrogen) atoms. The van der Waals surface area contributed by atoms with Gasteiger partial charge >= 0.3 is 0 Å². The maximum absolute atomic E-state index is 12.3. The summed E-state index contributed by atoms with van der Waals surface area (Å²) in [5.41, 5.74) is 1.31. The molecule has 1 saturated heterocycles. The number of carbonyl (C=O) groups is 2. The molecule has 2 aliphatic rings. The smallest absolute Gasteiger partial charge is 0.238 e. The number of rotatable bonds is 6. The number of ketones is 1. The number of likely N-dealkylation sites (tertiary alicyclic amines) is 1. The summed E-state index contributed by atoms with van der Waals surface area (Å²) in [6.07, 6.45) is 7.60. The van der Waals surface area contributed by atoms with E-state index in [2.05, 4.69) is 15.5 Å². The minimum absolute atomic E-state index is 0.00735. The van der Waals surface area contributed by atoms with Crippen LogP contribution in [0.3, 0.4) is 0 Å². The molecule has 2 N–H and O–H groups in total. The highest BCUT2D eigenvalue weighted by atomic mass is 16.2. The number of benzene rings is 1. The van der Waals surface area contributed by atoms with Crippen LogP contribution in [-0.2, 0) is 4.79 Å². The molecule has 1 heterocycles. The van der Waals surface area contributed by atoms with Crippen molar-refractivity contribution >= 4 is 17.4 Å². The summed E-state index contributed by atoms with van der Waals surface area (Å²) < 4.78 is 0. The largest absolute Gasteiger partial charge is 0.325 e. The molecule has 0 atom stereocenters. The first-order chi connectivity index (χ1) is 12.1. The molecule has 136 valence electrons. The van der Waals surface area contributed by atoms with Crippen LogP contribution in [0.1, 0.15) is 55.8 Å². The van der Waals surface area contributed by atoms with E-state index >= 15 is 0 Å². The zero-order chi connectivity index (χ0) is 17.6. The third-order valence-corrected chi connectivity index (χ3v) is 5.33. The number of amides is 1. The van der Waals surface area contributed by atoms with Gasteiger partial charge in [-0.15, -0.1) is 0 Å². The van der Waals surface area contributed by atoms with Gasteiger partial charge in [-0.3, -0.25) is 14.5 Å². The molecule has 0 spiro atoms. The highest BCUT2D eigenvalue weighted by molar-refractivity contribution is 5.97. The molecule has 5 nitrogen and oxygen atoms in total. The summed E-state index contributed by atoms with van der Waals surface area (Å²) in [5.74, 6) is -0.00385. The Kier molecular flexibility index (Phi) is 6.21. The average molecular weight is 343 g/mol. The van der Waals surface area contributed by atoms with Crippen molar-refractivity contribution in [3.63, 3.8) is 0 Å². The fraction of sp³-hybridized carbons (Fsp3) is 0.600. The van der Waals surface area contributed by atoms with Crippen molar-refractivity contribution in [3.05, 3.63) is 29.8 Å². The Morgan fingerprint density at radius 2 is 1.76 bits per heavy atom. The topological polar surface area (TPSA) is 61.4 Å². The summed E-state index contributed by atoms with van der Waals surface area (Å²) in [6.45, 7) is 3.88. The van der Waals surface area contributed by atoms with E-state index in [1.54, 1.807) is 18.2 Å². The number of anilines is 1. The van der Waals surface area contributed by atoms with Crippen LogP contribution >= 0.6 is 0 Å². The van der Waals surface area contributed by atoms with E-state index in [0.717, 1.165) is 25.9 Å². The van der Waals surface area contributed by atoms with Crippen molar-refractivity contribution in [2.75, 3.05) is 25.0 Å². The molecule has 0 aromatic heterocycles. The summed E-state index contributed by atoms with van der Waals surface area (Å²) in [7, 11) is 0. The minimum Gasteiger partial charge on any atom is -0.325 e. The lowest BCUT2D eigenvalue weighted by Gasteiger charge is -2.33. The Morgan fingerprint density at radius 1 is 1.08 bits per heavy atom. The monoisotopic (exact) mass is 343 g/mol. The molecule has 5 heteroatoms. The maximum atomic E-state index is 12.3. The van der Waals surface area contributed by atoms with Gasteiger partial charge < -0.3 is 10.6 Å². The first-order valence-electron chi connectivity index (χ1n) is 9.49. The molecule has 2 fully saturated rings. The van der Waals surface area contributed by atoms with Crippen LogP contribution in [-0.4, -0.2) is 48.3 Å². The number of carbonyl (C=O) groups excluding carboxylic acids is 2. The van der Waals surface area contributed by atoms with Crippen LogP contribution in [0, 0.1) is 0 Å². The van der Waals surface area contributed by atoms with Gasteiger partial charge in [-0.25, -0.2) is 0 Å². The van der Waals surface area contributed by atoms with E-state index < -0.39 is 0 Å². The van der Waals surface area contributed by atoms with Gasteiger partial charge in [0.2, 0.25) is 5.91 Å². The molecule has 1 amide bonds. The van der Waals surface area contributed by atoms with Crippen molar-refractivity contribution < 1.29 is 9.59 Å². The molecule has 0 unspecified atom stereocenters. The Morgan fingerprint density at radius 3 is 2.44 bits per heavy atom. The van der Waals surface area contributed by atoms with Gasteiger partial charge in [0.1, 0.15) is 0 Å². The van der Waals surface area contributed by atoms with Gasteiger partial charge in [-0.05, 0) is 44.7 Å². The maximum Gasteiger partial charge on any atom is 0.238 e. The van der Waals surface area contributed by atoms with Crippen LogP contribution in [0.25, 0.3) is 0 Å². The number of hydrogen-bond donors (Lipinski definition) is 2. The van der Waals surface area contributed by atoms with E-state index in [0.29, 0.717) is 29.9 Å². The van der Waals surface area contributed by atoms with Crippen LogP contribution in [0.15, 0.2) is 24.3 Å². The van der Waals surface area contributed by atoms with E-state index in [-0.39, 0.29) is 11.7 Å². The first-order valence-corrected chi connectivity index (χ1v) is 9.49. The molecule has 0 bridgehead atoms. The third-order valence-electron chi connectivity index (χ3n) is 5.33. The first kappa shape index (κ1) is 18.1. The Bertz CT molecular complexity index is 603. The van der Waals surface area contributed by atoms with Crippen LogP contribution in [0.2, 0.25) is 0 Å². The van der Waals surface area contributed by atoms with E-state index in [1.807, 2.05) is 6.07 Å². The van der Waals surface area contributed by atoms with Gasteiger partial charge in [-0.1, -0.05) is 25.0 Å². The predicted molar refractivity (Wildman–Crippen MR) is 99.9 cm³/mol. The summed E-state index contributed by atoms with van der Waals surface area (Å²) in [4.78, 5) is 25.9. The molecule has 1 saturated carbocycles. The highest BCUT2D eigenvalue weighted by Gasteiger charge is 2.24. The molecular weight excluding hydrogens is 314 g/mol. The Hall–Kier alpha value is -1.72. The lowest BCUT2D eigenvalue weighted by Crippen LogP contribution is -2.47. The van der Waals surface area contributed by atoms with E-state index in [1.165, 1.54) is 32.6 Å². The van der Waals surface area contributed by atoms with Gasteiger partial charge in [-0.2, -0.15) is 0 Å². The molecule has 1 aromatic rings. The molecule has 1 aromatic carbocycles. The van der Waals surface area contributed by atoms with Gasteiger partial charge in [0.25, 0.3) is 0 Å². The van der Waals surface area contributed by atoms with E-state index in [4.69, 9.17) is 0 Å². The molecule has 0 radical (unpaired) electrons. The zero-order valence-corrected chi connectivity index (χ0v) is 15.1. The summed E-state index contributed by atoms with van der Waals surface area (Å²) in [5, 5.41) is 6.70. The molecule has 1 aliphatic heterocycles. The number of Topliss-reactive ketones (excluding diaryl/α,β-unsaturated/α-hetero) is 1. The standard InChI is InChI=1S/C20H29N3O2/c1-15(24)16-5-4-8-19(13-16)22-20(25)14-23-11-9-18(10-12-23)21-17-6-2-3-7-17/h4-5,8,13,17-18,21H,2-3,6-7,9-12,14H2,1H3,(H,22,25). The fourth-order valence-corrected chi connectivity index (χ4v) is 3.90. The van der Waals surface area contributed by atoms with E-state index in [9.17, 15) is 9.59 Å². The van der Waals surface area contributed by atoms with Crippen molar-refractivity contribution in [1.82, 2.24) is 10.2 Å². The second kappa shape index (κ2) is 8.59. The average Bonchev–Trinajstić information content (AvgIpc) is 3.10. The lowest BCUT2D eigenvalue weighted by molar-refractivity contribution is -0.117. The quantitative estimate of drug-likeness (QED) is 0.780. The lowest BCUT2D eigenvalue weighted by atomic mass is 10.0. The van der Waals surface area contributed by atoms with Gasteiger partial charge in [0.05, 0.1) is 6.54 Å². The van der Waals surface area contributed by atoms with Crippen LogP contribution in [0.4, 0.5) is 5.69 Å². The van der Waals surface area contributed by atoms with Crippen molar-refractivity contribution in [2.45, 2.75) is 57.5 Å². The number of hydrogen-bond acceptors (Lipinski definition) is 4. The van der Waals surface area contributed by atoms with Crippen molar-refractivity contribution in [3.8, 4) is 0 Å². The number of piperidine rings is 1. The second-order valence-electron chi connectivity index (χ2n) is 7.38. The van der Waals surface area contributed by atoms with Crippen molar-refractivity contribution in [1.29, 1.82) is 0 Å². The molecule has 3 rings (SSSR count). The molecular formula is C20H29N3O2. The number of nitrogens with one attached hydrogen (secondary N) is 2. The fourth-order valence-electron chi connectivity index (χ4n) is 3.90. The Balaban J connectivity index is 1.41. The van der Waals surface area contributed by atoms with Gasteiger partial charge in [0.15, 0.2) is 5.78 Å². The normalized spacial score (nSPS) is 19.9. The van der Waals surface area contributed by atoms with Crippen LogP contribution in [0.5, 0.6) is 0 Å². The SMILES string of the molecule is CC(=O)c1cccc(NC(=O)CN2CCC(NC3CCCC3)CC2)c1. The van der Waals surface area contributed by atoms with Crippen molar-refractivity contribution in [2.24, 2.45) is 0 Å². The van der Waals surface area contributed by atoms with Crippen LogP contribution < -0.4 is 10.6 Å². The zero-order valence-electron chi connectivity index (χ0n) is 15.1. The highest BCUT2D eigenvalue weighted by Crippen LogP contribution is 2.20.